The second-order valence-corrected chi connectivity index (χ2v) is 5.66. The Kier molecular flexibility index (Phi) is 3.94. The third-order valence-electron chi connectivity index (χ3n) is 2.97. The summed E-state index contributed by atoms with van der Waals surface area (Å²) < 4.78 is 0. The highest BCUT2D eigenvalue weighted by atomic mass is 32.2. The van der Waals surface area contributed by atoms with Gasteiger partial charge in [0.25, 0.3) is 0 Å². The molecule has 1 fully saturated rings. The Morgan fingerprint density at radius 1 is 1.41 bits per heavy atom. The zero-order valence-corrected chi connectivity index (χ0v) is 10.8. The molecule has 0 aromatic heterocycles. The van der Waals surface area contributed by atoms with Gasteiger partial charge in [-0.15, -0.1) is 11.8 Å². The van der Waals surface area contributed by atoms with Crippen LogP contribution in [0.1, 0.15) is 24.8 Å². The molecule has 1 aliphatic heterocycles. The van der Waals surface area contributed by atoms with Gasteiger partial charge in [0.05, 0.1) is 5.25 Å². The number of hydrogen-bond donors (Lipinski definition) is 2. The molecule has 1 aromatic rings. The highest BCUT2D eigenvalue weighted by Gasteiger charge is 2.22. The van der Waals surface area contributed by atoms with E-state index in [1.165, 1.54) is 5.56 Å². The molecule has 0 bridgehead atoms. The number of aryl methyl sites for hydroxylation is 1. The number of amides is 1. The van der Waals surface area contributed by atoms with Gasteiger partial charge in [-0.2, -0.15) is 0 Å². The van der Waals surface area contributed by atoms with Gasteiger partial charge in [-0.05, 0) is 37.5 Å². The van der Waals surface area contributed by atoms with Crippen LogP contribution in [-0.2, 0) is 4.79 Å². The molecule has 1 amide bonds. The summed E-state index contributed by atoms with van der Waals surface area (Å²) in [7, 11) is 0. The maximum absolute atomic E-state index is 11.9. The number of carbonyl (C=O) groups is 1. The number of nitrogens with one attached hydrogen (secondary N) is 1. The van der Waals surface area contributed by atoms with Crippen molar-refractivity contribution in [2.24, 2.45) is 0 Å². The van der Waals surface area contributed by atoms with E-state index in [-0.39, 0.29) is 11.2 Å². The maximum Gasteiger partial charge on any atom is 0.233 e. The molecule has 1 saturated heterocycles. The van der Waals surface area contributed by atoms with Gasteiger partial charge in [0.1, 0.15) is 0 Å². The van der Waals surface area contributed by atoms with Crippen LogP contribution in [0.25, 0.3) is 0 Å². The van der Waals surface area contributed by atoms with Crippen molar-refractivity contribution in [2.75, 3.05) is 12.3 Å². The van der Waals surface area contributed by atoms with E-state index in [9.17, 15) is 4.79 Å². The molecule has 2 rings (SSSR count). The summed E-state index contributed by atoms with van der Waals surface area (Å²) in [5, 5.41) is 2.98. The van der Waals surface area contributed by atoms with Crippen LogP contribution in [0.3, 0.4) is 0 Å². The second kappa shape index (κ2) is 5.45. The summed E-state index contributed by atoms with van der Waals surface area (Å²) in [6, 6.07) is 5.86. The zero-order chi connectivity index (χ0) is 12.3. The Morgan fingerprint density at radius 3 is 3.06 bits per heavy atom. The van der Waals surface area contributed by atoms with E-state index in [1.54, 1.807) is 11.8 Å². The van der Waals surface area contributed by atoms with E-state index in [0.29, 0.717) is 0 Å². The molecule has 0 aliphatic carbocycles. The largest absolute Gasteiger partial charge is 0.399 e. The Bertz CT molecular complexity index is 420. The van der Waals surface area contributed by atoms with Gasteiger partial charge in [-0.1, -0.05) is 12.5 Å². The lowest BCUT2D eigenvalue weighted by Crippen LogP contribution is -2.30. The van der Waals surface area contributed by atoms with Crippen LogP contribution in [-0.4, -0.2) is 17.7 Å². The molecule has 3 nitrogen and oxygen atoms in total. The Balaban J connectivity index is 2.13. The fourth-order valence-electron chi connectivity index (χ4n) is 1.92. The Hall–Kier alpha value is -1.16. The van der Waals surface area contributed by atoms with E-state index in [4.69, 9.17) is 5.73 Å². The average Bonchev–Trinajstić information content (AvgIpc) is 2.50. The minimum atomic E-state index is 0.0259. The number of carbonyl (C=O) groups excluding carboxylic acids is 1. The Labute approximate surface area is 106 Å². The standard InChI is InChI=1S/C13H18N2OS/c1-9-5-6-10(14)8-12(9)17-11-4-2-3-7-15-13(11)16/h5-6,8,11H,2-4,7,14H2,1H3,(H,15,16). The lowest BCUT2D eigenvalue weighted by Gasteiger charge is -2.14. The van der Waals surface area contributed by atoms with Crippen molar-refractivity contribution in [3.8, 4) is 0 Å². The summed E-state index contributed by atoms with van der Waals surface area (Å²) in [5.41, 5.74) is 7.72. The number of thioether (sulfide) groups is 1. The van der Waals surface area contributed by atoms with Crippen LogP contribution < -0.4 is 11.1 Å². The minimum Gasteiger partial charge on any atom is -0.399 e. The molecule has 0 radical (unpaired) electrons. The van der Waals surface area contributed by atoms with Crippen LogP contribution in [0.2, 0.25) is 0 Å². The van der Waals surface area contributed by atoms with E-state index in [1.807, 2.05) is 18.2 Å². The van der Waals surface area contributed by atoms with Crippen LogP contribution in [0.4, 0.5) is 5.69 Å². The molecule has 1 aliphatic rings. The van der Waals surface area contributed by atoms with Crippen molar-refractivity contribution in [1.82, 2.24) is 5.32 Å². The van der Waals surface area contributed by atoms with Gasteiger partial charge >= 0.3 is 0 Å². The molecule has 1 heterocycles. The van der Waals surface area contributed by atoms with Gasteiger partial charge in [-0.3, -0.25) is 4.79 Å². The predicted octanol–water partition coefficient (Wildman–Crippen LogP) is 2.34. The lowest BCUT2D eigenvalue weighted by molar-refractivity contribution is -0.120. The number of anilines is 1. The number of rotatable bonds is 2. The monoisotopic (exact) mass is 250 g/mol. The van der Waals surface area contributed by atoms with Crippen molar-refractivity contribution in [3.05, 3.63) is 23.8 Å². The van der Waals surface area contributed by atoms with Crippen LogP contribution in [0.5, 0.6) is 0 Å². The molecule has 3 N–H and O–H groups in total. The molecule has 92 valence electrons. The third-order valence-corrected chi connectivity index (χ3v) is 4.39. The molecule has 4 heteroatoms. The van der Waals surface area contributed by atoms with Gasteiger partial charge < -0.3 is 11.1 Å². The number of benzene rings is 1. The summed E-state index contributed by atoms with van der Waals surface area (Å²) in [6.07, 6.45) is 3.14. The Morgan fingerprint density at radius 2 is 2.24 bits per heavy atom. The smallest absolute Gasteiger partial charge is 0.233 e. The predicted molar refractivity (Wildman–Crippen MR) is 72.1 cm³/mol. The van der Waals surface area contributed by atoms with E-state index < -0.39 is 0 Å². The number of nitrogen functional groups attached to an aromatic ring is 1. The molecule has 0 spiro atoms. The van der Waals surface area contributed by atoms with E-state index >= 15 is 0 Å². The van der Waals surface area contributed by atoms with Crippen LogP contribution >= 0.6 is 11.8 Å². The normalized spacial score (nSPS) is 20.8. The summed E-state index contributed by atoms with van der Waals surface area (Å²) in [6.45, 7) is 2.86. The van der Waals surface area contributed by atoms with Gasteiger partial charge in [-0.25, -0.2) is 0 Å². The minimum absolute atomic E-state index is 0.0259. The van der Waals surface area contributed by atoms with Crippen LogP contribution in [0, 0.1) is 6.92 Å². The first-order chi connectivity index (χ1) is 8.16. The number of nitrogens with two attached hydrogens (primary N) is 1. The van der Waals surface area contributed by atoms with Gasteiger partial charge in [0, 0.05) is 17.1 Å². The summed E-state index contributed by atoms with van der Waals surface area (Å²) in [4.78, 5) is 13.0. The van der Waals surface area contributed by atoms with Crippen molar-refractivity contribution < 1.29 is 4.79 Å². The van der Waals surface area contributed by atoms with Crippen LogP contribution in [0.15, 0.2) is 23.1 Å². The van der Waals surface area contributed by atoms with Crippen molar-refractivity contribution in [3.63, 3.8) is 0 Å². The third kappa shape index (κ3) is 3.16. The van der Waals surface area contributed by atoms with Crippen molar-refractivity contribution >= 4 is 23.4 Å². The molecule has 17 heavy (non-hydrogen) atoms. The molecule has 1 aromatic carbocycles. The van der Waals surface area contributed by atoms with Gasteiger partial charge in [0.2, 0.25) is 5.91 Å². The second-order valence-electron chi connectivity index (χ2n) is 4.42. The average molecular weight is 250 g/mol. The first-order valence-corrected chi connectivity index (χ1v) is 6.85. The van der Waals surface area contributed by atoms with E-state index in [0.717, 1.165) is 36.4 Å². The SMILES string of the molecule is Cc1ccc(N)cc1SC1CCCCNC1=O. The fraction of sp³-hybridized carbons (Fsp3) is 0.462. The topological polar surface area (TPSA) is 55.1 Å². The first-order valence-electron chi connectivity index (χ1n) is 5.97. The van der Waals surface area contributed by atoms with Gasteiger partial charge in [0.15, 0.2) is 0 Å². The highest BCUT2D eigenvalue weighted by molar-refractivity contribution is 8.00. The molecular formula is C13H18N2OS. The zero-order valence-electron chi connectivity index (χ0n) is 10.0. The fourth-order valence-corrected chi connectivity index (χ4v) is 3.16. The highest BCUT2D eigenvalue weighted by Crippen LogP contribution is 2.31. The quantitative estimate of drug-likeness (QED) is 0.792. The molecule has 0 saturated carbocycles. The molecule has 1 unspecified atom stereocenters. The van der Waals surface area contributed by atoms with Crippen molar-refractivity contribution in [1.29, 1.82) is 0 Å². The first kappa shape index (κ1) is 12.3. The maximum atomic E-state index is 11.9. The summed E-state index contributed by atoms with van der Waals surface area (Å²) >= 11 is 1.63. The number of hydrogen-bond acceptors (Lipinski definition) is 3. The van der Waals surface area contributed by atoms with E-state index in [2.05, 4.69) is 12.2 Å². The molecular weight excluding hydrogens is 232 g/mol. The lowest BCUT2D eigenvalue weighted by atomic mass is 10.2. The molecule has 1 atom stereocenters. The van der Waals surface area contributed by atoms with Crippen molar-refractivity contribution in [2.45, 2.75) is 36.3 Å². The summed E-state index contributed by atoms with van der Waals surface area (Å²) in [5.74, 6) is 0.161.